The number of rotatable bonds is 2. The lowest BCUT2D eigenvalue weighted by atomic mass is 9.85. The van der Waals surface area contributed by atoms with Gasteiger partial charge in [0.15, 0.2) is 0 Å². The number of aliphatic imine (C=N–C) groups is 1. The van der Waals surface area contributed by atoms with Gasteiger partial charge in [0.05, 0.1) is 7.11 Å². The van der Waals surface area contributed by atoms with Gasteiger partial charge >= 0.3 is 6.02 Å². The summed E-state index contributed by atoms with van der Waals surface area (Å²) in [6.45, 7) is 3.57. The first-order valence-corrected chi connectivity index (χ1v) is 5.71. The summed E-state index contributed by atoms with van der Waals surface area (Å²) in [5, 5.41) is 12.9. The average molecular weight is 249 g/mol. The van der Waals surface area contributed by atoms with E-state index in [0.29, 0.717) is 0 Å². The lowest BCUT2D eigenvalue weighted by Crippen LogP contribution is -2.53. The first-order chi connectivity index (χ1) is 8.49. The first-order valence-electron chi connectivity index (χ1n) is 5.71. The number of hydrogen-bond donors (Lipinski definition) is 0. The van der Waals surface area contributed by atoms with Crippen molar-refractivity contribution in [3.63, 3.8) is 0 Å². The molecule has 97 valence electrons. The van der Waals surface area contributed by atoms with E-state index in [1.54, 1.807) is 21.0 Å². The van der Waals surface area contributed by atoms with Crippen molar-refractivity contribution >= 4 is 6.02 Å². The van der Waals surface area contributed by atoms with Crippen LogP contribution in [0.4, 0.5) is 0 Å². The van der Waals surface area contributed by atoms with Crippen molar-refractivity contribution < 1.29 is 14.7 Å². The second kappa shape index (κ2) is 4.26. The van der Waals surface area contributed by atoms with Gasteiger partial charge in [0.1, 0.15) is 5.54 Å². The smallest absolute Gasteiger partial charge is 0.318 e. The van der Waals surface area contributed by atoms with Crippen LogP contribution in [-0.4, -0.2) is 30.8 Å². The zero-order chi connectivity index (χ0) is 13.4. The molecule has 18 heavy (non-hydrogen) atoms. The lowest BCUT2D eigenvalue weighted by Gasteiger charge is -2.38. The van der Waals surface area contributed by atoms with E-state index in [2.05, 4.69) is 4.99 Å². The number of nitrogens with zero attached hydrogens (tertiary/aromatic N) is 2. The Morgan fingerprint density at radius 2 is 1.78 bits per heavy atom. The van der Waals surface area contributed by atoms with Crippen LogP contribution in [0.1, 0.15) is 19.4 Å². The Labute approximate surface area is 107 Å². The van der Waals surface area contributed by atoms with Crippen molar-refractivity contribution in [2.24, 2.45) is 4.99 Å². The maximum absolute atomic E-state index is 12.2. The summed E-state index contributed by atoms with van der Waals surface area (Å²) < 4.78 is 10.6. The summed E-state index contributed by atoms with van der Waals surface area (Å²) in [4.78, 5) is 4.35. The summed E-state index contributed by atoms with van der Waals surface area (Å²) in [6, 6.07) is 9.50. The van der Waals surface area contributed by atoms with E-state index in [1.165, 1.54) is 7.11 Å². The molecule has 1 radical (unpaired) electrons. The zero-order valence-electron chi connectivity index (χ0n) is 11.0. The van der Waals surface area contributed by atoms with E-state index >= 15 is 0 Å². The molecule has 0 bridgehead atoms. The van der Waals surface area contributed by atoms with E-state index in [1.807, 2.05) is 30.3 Å². The third-order valence-corrected chi connectivity index (χ3v) is 3.41. The van der Waals surface area contributed by atoms with Crippen molar-refractivity contribution in [3.05, 3.63) is 35.9 Å². The van der Waals surface area contributed by atoms with Gasteiger partial charge in [0.2, 0.25) is 5.72 Å². The molecule has 2 rings (SSSR count). The van der Waals surface area contributed by atoms with Crippen LogP contribution in [0.15, 0.2) is 35.3 Å². The number of ether oxygens (including phenoxy) is 2. The summed E-state index contributed by atoms with van der Waals surface area (Å²) in [7, 11) is 2.97. The predicted octanol–water partition coefficient (Wildman–Crippen LogP) is 1.93. The molecule has 0 aromatic heterocycles. The van der Waals surface area contributed by atoms with Crippen molar-refractivity contribution in [2.75, 3.05) is 14.2 Å². The Balaban J connectivity index is 2.60. The van der Waals surface area contributed by atoms with Crippen molar-refractivity contribution in [3.8, 4) is 0 Å². The van der Waals surface area contributed by atoms with Gasteiger partial charge in [-0.15, -0.1) is 0 Å². The molecule has 1 aliphatic rings. The SMILES string of the molecule is COC1=NC(OC)(c2ccccc2)C(C)(C)N1[O]. The predicted molar refractivity (Wildman–Crippen MR) is 66.2 cm³/mol. The molecular weight excluding hydrogens is 232 g/mol. The maximum Gasteiger partial charge on any atom is 0.318 e. The molecule has 1 atom stereocenters. The Morgan fingerprint density at radius 1 is 1.17 bits per heavy atom. The third-order valence-electron chi connectivity index (χ3n) is 3.41. The van der Waals surface area contributed by atoms with Gasteiger partial charge < -0.3 is 9.47 Å². The zero-order valence-corrected chi connectivity index (χ0v) is 11.0. The van der Waals surface area contributed by atoms with Gasteiger partial charge in [0, 0.05) is 12.7 Å². The van der Waals surface area contributed by atoms with E-state index in [9.17, 15) is 5.21 Å². The summed E-state index contributed by atoms with van der Waals surface area (Å²) in [5.41, 5.74) is -1.11. The van der Waals surface area contributed by atoms with Crippen LogP contribution in [0.3, 0.4) is 0 Å². The van der Waals surface area contributed by atoms with Crippen LogP contribution in [0, 0.1) is 0 Å². The molecular formula is C13H17N2O3. The fourth-order valence-corrected chi connectivity index (χ4v) is 2.32. The molecule has 0 aliphatic carbocycles. The number of amidine groups is 1. The van der Waals surface area contributed by atoms with Crippen LogP contribution in [0.2, 0.25) is 0 Å². The van der Waals surface area contributed by atoms with Gasteiger partial charge in [-0.05, 0) is 13.8 Å². The Kier molecular flexibility index (Phi) is 3.04. The molecule has 1 unspecified atom stereocenters. The monoisotopic (exact) mass is 249 g/mol. The molecule has 5 nitrogen and oxygen atoms in total. The summed E-state index contributed by atoms with van der Waals surface area (Å²) in [6.07, 6.45) is 0. The number of hydroxylamine groups is 2. The van der Waals surface area contributed by atoms with Crippen molar-refractivity contribution in [1.29, 1.82) is 0 Å². The highest BCUT2D eigenvalue weighted by molar-refractivity contribution is 5.77. The van der Waals surface area contributed by atoms with Gasteiger partial charge in [-0.2, -0.15) is 10.1 Å². The third kappa shape index (κ3) is 1.51. The molecule has 1 heterocycles. The van der Waals surface area contributed by atoms with Gasteiger partial charge in [-0.1, -0.05) is 35.5 Å². The van der Waals surface area contributed by atoms with Gasteiger partial charge in [0.25, 0.3) is 0 Å². The second-order valence-corrected chi connectivity index (χ2v) is 4.67. The topological polar surface area (TPSA) is 54.0 Å². The minimum Gasteiger partial charge on any atom is -0.467 e. The highest BCUT2D eigenvalue weighted by atomic mass is 16.6. The summed E-state index contributed by atoms with van der Waals surface area (Å²) in [5.74, 6) is 0. The van der Waals surface area contributed by atoms with E-state index in [0.717, 1.165) is 10.6 Å². The molecule has 0 amide bonds. The average Bonchev–Trinajstić information content (AvgIpc) is 2.60. The highest BCUT2D eigenvalue weighted by Crippen LogP contribution is 2.45. The minimum absolute atomic E-state index is 0.0331. The largest absolute Gasteiger partial charge is 0.467 e. The van der Waals surface area contributed by atoms with Crippen molar-refractivity contribution in [2.45, 2.75) is 25.1 Å². The summed E-state index contributed by atoms with van der Waals surface area (Å²) >= 11 is 0. The number of hydrogen-bond acceptors (Lipinski definition) is 4. The molecule has 0 spiro atoms. The quantitative estimate of drug-likeness (QED) is 0.804. The van der Waals surface area contributed by atoms with Crippen molar-refractivity contribution in [1.82, 2.24) is 5.06 Å². The molecule has 1 aliphatic heterocycles. The Morgan fingerprint density at radius 3 is 2.22 bits per heavy atom. The van der Waals surface area contributed by atoms with Crippen LogP contribution in [0.5, 0.6) is 0 Å². The molecule has 5 heteroatoms. The molecule has 0 N–H and O–H groups in total. The maximum atomic E-state index is 12.2. The molecule has 0 fully saturated rings. The van der Waals surface area contributed by atoms with Crippen LogP contribution in [0.25, 0.3) is 0 Å². The fourth-order valence-electron chi connectivity index (χ4n) is 2.32. The molecule has 1 aromatic carbocycles. The van der Waals surface area contributed by atoms with Gasteiger partial charge in [-0.25, -0.2) is 0 Å². The van der Waals surface area contributed by atoms with Gasteiger partial charge in [-0.3, -0.25) is 0 Å². The molecule has 1 aromatic rings. The van der Waals surface area contributed by atoms with E-state index in [-0.39, 0.29) is 6.02 Å². The minimum atomic E-state index is -1.05. The van der Waals surface area contributed by atoms with E-state index in [4.69, 9.17) is 9.47 Å². The van der Waals surface area contributed by atoms with Crippen LogP contribution in [-0.2, 0) is 20.4 Å². The molecule has 0 saturated heterocycles. The molecule has 0 saturated carbocycles. The van der Waals surface area contributed by atoms with E-state index < -0.39 is 11.3 Å². The number of methoxy groups -OCH3 is 2. The second-order valence-electron chi connectivity index (χ2n) is 4.67. The van der Waals surface area contributed by atoms with Crippen LogP contribution < -0.4 is 0 Å². The first kappa shape index (κ1) is 12.9. The van der Waals surface area contributed by atoms with Crippen LogP contribution >= 0.6 is 0 Å². The normalized spacial score (nSPS) is 26.1. The highest BCUT2D eigenvalue weighted by Gasteiger charge is 2.58. The number of benzene rings is 1. The Bertz CT molecular complexity index is 459. The standard InChI is InChI=1S/C13H17N2O3/c1-12(2)13(18-4,10-8-6-5-7-9-10)14-11(17-3)15(12)16/h5-9H,1-4H3. The lowest BCUT2D eigenvalue weighted by molar-refractivity contribution is -0.215. The Hall–Kier alpha value is -1.59. The fraction of sp³-hybridized carbons (Fsp3) is 0.462.